The Morgan fingerprint density at radius 1 is 0.774 bits per heavy atom. The number of nitrogens with one attached hydrogen (secondary N) is 1. The van der Waals surface area contributed by atoms with Gasteiger partial charge in [0.25, 0.3) is 11.1 Å². The molecule has 1 aliphatic heterocycles. The van der Waals surface area contributed by atoms with Gasteiger partial charge in [0.05, 0.1) is 36.0 Å². The van der Waals surface area contributed by atoms with Crippen LogP contribution in [0.2, 0.25) is 0 Å². The third-order valence-corrected chi connectivity index (χ3v) is 10.2. The number of carbonyl (C=O) groups excluding carboxylic acids is 1. The standard InChI is InChI=1S/C43H36N4O5S/c1-27-37(26-53-43-47-38(29-11-4-2-5-12-29)40(52-43)30-13-6-3-7-14-30)50-42(51-39(27)31-21-19-28(25-48)20-22-31)32-15-10-16-33(23-32)45-41(49)36-24-44-34-17-8-9-18-35(34)46-36/h2-24,27,37,39,42,48H,25-26H2,1H3,(H,45,49). The van der Waals surface area contributed by atoms with Crippen molar-refractivity contribution in [2.75, 3.05) is 11.1 Å². The van der Waals surface area contributed by atoms with Crippen molar-refractivity contribution in [2.45, 2.75) is 37.3 Å². The lowest BCUT2D eigenvalue weighted by Gasteiger charge is -2.41. The fourth-order valence-corrected chi connectivity index (χ4v) is 7.41. The molecule has 1 saturated heterocycles. The summed E-state index contributed by atoms with van der Waals surface area (Å²) in [5.74, 6) is 0.844. The van der Waals surface area contributed by atoms with Gasteiger partial charge in [0.2, 0.25) is 0 Å². The summed E-state index contributed by atoms with van der Waals surface area (Å²) in [5, 5.41) is 13.2. The van der Waals surface area contributed by atoms with E-state index < -0.39 is 6.29 Å². The van der Waals surface area contributed by atoms with Gasteiger partial charge in [0.1, 0.15) is 11.4 Å². The molecule has 1 fully saturated rings. The summed E-state index contributed by atoms with van der Waals surface area (Å²) in [6, 6.07) is 42.7. The number of para-hydroxylation sites is 2. The number of oxazole rings is 1. The first-order chi connectivity index (χ1) is 26.0. The number of amides is 1. The van der Waals surface area contributed by atoms with Crippen LogP contribution in [-0.4, -0.2) is 37.8 Å². The maximum atomic E-state index is 13.2. The number of aliphatic hydroxyl groups is 1. The number of anilines is 1. The topological polar surface area (TPSA) is 120 Å². The Morgan fingerprint density at radius 3 is 2.25 bits per heavy atom. The van der Waals surface area contributed by atoms with Crippen LogP contribution in [0, 0.1) is 5.92 Å². The Balaban J connectivity index is 1.06. The molecule has 10 heteroatoms. The molecule has 4 atom stereocenters. The van der Waals surface area contributed by atoms with Crippen LogP contribution in [0.4, 0.5) is 5.69 Å². The molecule has 1 amide bonds. The van der Waals surface area contributed by atoms with Crippen molar-refractivity contribution in [3.05, 3.63) is 162 Å². The summed E-state index contributed by atoms with van der Waals surface area (Å²) < 4.78 is 19.8. The van der Waals surface area contributed by atoms with E-state index in [2.05, 4.69) is 22.2 Å². The number of nitrogens with zero attached hydrogens (tertiary/aromatic N) is 3. The van der Waals surface area contributed by atoms with E-state index >= 15 is 0 Å². The molecule has 0 spiro atoms. The molecule has 4 unspecified atom stereocenters. The number of benzene rings is 5. The zero-order chi connectivity index (χ0) is 36.1. The molecule has 0 radical (unpaired) electrons. The van der Waals surface area contributed by atoms with E-state index in [-0.39, 0.29) is 36.3 Å². The van der Waals surface area contributed by atoms with Crippen molar-refractivity contribution in [1.82, 2.24) is 15.0 Å². The van der Waals surface area contributed by atoms with Gasteiger partial charge in [0.15, 0.2) is 12.1 Å². The molecule has 0 bridgehead atoms. The molecule has 53 heavy (non-hydrogen) atoms. The molecule has 9 nitrogen and oxygen atoms in total. The molecule has 5 aromatic carbocycles. The third-order valence-electron chi connectivity index (χ3n) is 9.28. The molecule has 264 valence electrons. The van der Waals surface area contributed by atoms with Crippen molar-refractivity contribution < 1.29 is 23.8 Å². The van der Waals surface area contributed by atoms with E-state index in [4.69, 9.17) is 18.9 Å². The maximum Gasteiger partial charge on any atom is 0.275 e. The minimum Gasteiger partial charge on any atom is -0.431 e. The van der Waals surface area contributed by atoms with Crippen molar-refractivity contribution in [3.63, 3.8) is 0 Å². The van der Waals surface area contributed by atoms with Crippen molar-refractivity contribution >= 4 is 34.4 Å². The number of hydrogen-bond acceptors (Lipinski definition) is 9. The third kappa shape index (κ3) is 7.62. The summed E-state index contributed by atoms with van der Waals surface area (Å²) in [6.45, 7) is 2.08. The molecular weight excluding hydrogens is 685 g/mol. The predicted octanol–water partition coefficient (Wildman–Crippen LogP) is 9.28. The SMILES string of the molecule is CC1C(CSc2nc(-c3ccccc3)c(-c3ccccc3)o2)OC(c2cccc(NC(=O)c3cnc4ccccc4n3)c2)OC1c1ccc(CO)cc1. The molecule has 1 aliphatic rings. The minimum absolute atomic E-state index is 0.0399. The Labute approximate surface area is 311 Å². The van der Waals surface area contributed by atoms with Gasteiger partial charge in [-0.05, 0) is 35.4 Å². The van der Waals surface area contributed by atoms with Gasteiger partial charge >= 0.3 is 0 Å². The lowest BCUT2D eigenvalue weighted by molar-refractivity contribution is -0.268. The van der Waals surface area contributed by atoms with Gasteiger partial charge in [-0.15, -0.1) is 0 Å². The van der Waals surface area contributed by atoms with Crippen LogP contribution < -0.4 is 5.32 Å². The highest BCUT2D eigenvalue weighted by atomic mass is 32.2. The Kier molecular flexibility index (Phi) is 10.1. The number of ether oxygens (including phenoxy) is 2. The van der Waals surface area contributed by atoms with Crippen LogP contribution in [0.5, 0.6) is 0 Å². The van der Waals surface area contributed by atoms with Crippen LogP contribution in [0.15, 0.2) is 149 Å². The Morgan fingerprint density at radius 2 is 1.49 bits per heavy atom. The number of aliphatic hydroxyl groups excluding tert-OH is 1. The summed E-state index contributed by atoms with van der Waals surface area (Å²) in [6.07, 6.45) is 0.160. The van der Waals surface area contributed by atoms with Crippen LogP contribution in [0.3, 0.4) is 0 Å². The maximum absolute atomic E-state index is 13.2. The van der Waals surface area contributed by atoms with Gasteiger partial charge in [0, 0.05) is 34.0 Å². The zero-order valence-electron chi connectivity index (χ0n) is 28.8. The van der Waals surface area contributed by atoms with Gasteiger partial charge in [-0.2, -0.15) is 0 Å². The van der Waals surface area contributed by atoms with E-state index in [1.54, 1.807) is 0 Å². The second-order valence-electron chi connectivity index (χ2n) is 12.8. The van der Waals surface area contributed by atoms with Gasteiger partial charge < -0.3 is 24.3 Å². The fraction of sp³-hybridized carbons (Fsp3) is 0.163. The number of hydrogen-bond donors (Lipinski definition) is 2. The summed E-state index contributed by atoms with van der Waals surface area (Å²) in [7, 11) is 0. The van der Waals surface area contributed by atoms with Crippen LogP contribution >= 0.6 is 11.8 Å². The van der Waals surface area contributed by atoms with E-state index in [1.807, 2.05) is 133 Å². The van der Waals surface area contributed by atoms with Crippen molar-refractivity contribution in [2.24, 2.45) is 5.92 Å². The zero-order valence-corrected chi connectivity index (χ0v) is 29.6. The first-order valence-corrected chi connectivity index (χ1v) is 18.4. The first kappa shape index (κ1) is 34.4. The molecule has 3 heterocycles. The second-order valence-corrected chi connectivity index (χ2v) is 13.8. The quantitative estimate of drug-likeness (QED) is 0.133. The molecule has 7 aromatic rings. The number of aromatic nitrogens is 3. The van der Waals surface area contributed by atoms with E-state index in [1.165, 1.54) is 18.0 Å². The largest absolute Gasteiger partial charge is 0.431 e. The van der Waals surface area contributed by atoms with Crippen molar-refractivity contribution in [1.29, 1.82) is 0 Å². The lowest BCUT2D eigenvalue weighted by Crippen LogP contribution is -2.38. The highest BCUT2D eigenvalue weighted by Gasteiger charge is 2.39. The Hall–Kier alpha value is -5.65. The minimum atomic E-state index is -0.735. The average molecular weight is 721 g/mol. The molecule has 2 N–H and O–H groups in total. The van der Waals surface area contributed by atoms with Gasteiger partial charge in [-0.1, -0.05) is 128 Å². The monoisotopic (exact) mass is 720 g/mol. The average Bonchev–Trinajstić information content (AvgIpc) is 3.65. The normalized spacial score (nSPS) is 18.5. The smallest absolute Gasteiger partial charge is 0.275 e. The van der Waals surface area contributed by atoms with Crippen molar-refractivity contribution in [3.8, 4) is 22.6 Å². The van der Waals surface area contributed by atoms with E-state index in [9.17, 15) is 9.90 Å². The first-order valence-electron chi connectivity index (χ1n) is 17.4. The number of thioether (sulfide) groups is 1. The Bertz CT molecular complexity index is 2280. The van der Waals surface area contributed by atoms with Crippen LogP contribution in [-0.2, 0) is 16.1 Å². The predicted molar refractivity (Wildman–Crippen MR) is 205 cm³/mol. The molecule has 2 aromatic heterocycles. The molecule has 8 rings (SSSR count). The van der Waals surface area contributed by atoms with Crippen LogP contribution in [0.1, 0.15) is 46.5 Å². The van der Waals surface area contributed by atoms with E-state index in [0.717, 1.165) is 39.0 Å². The summed E-state index contributed by atoms with van der Waals surface area (Å²) >= 11 is 1.50. The highest BCUT2D eigenvalue weighted by molar-refractivity contribution is 7.99. The molecular formula is C43H36N4O5S. The molecule has 0 aliphatic carbocycles. The number of fused-ring (bicyclic) bond motifs is 1. The van der Waals surface area contributed by atoms with Crippen LogP contribution in [0.25, 0.3) is 33.6 Å². The summed E-state index contributed by atoms with van der Waals surface area (Å²) in [4.78, 5) is 27.1. The van der Waals surface area contributed by atoms with Gasteiger partial charge in [-0.25, -0.2) is 9.97 Å². The van der Waals surface area contributed by atoms with Gasteiger partial charge in [-0.3, -0.25) is 9.78 Å². The fourth-order valence-electron chi connectivity index (χ4n) is 6.43. The number of carbonyl (C=O) groups is 1. The number of rotatable bonds is 10. The van der Waals surface area contributed by atoms with E-state index in [0.29, 0.717) is 27.9 Å². The second kappa shape index (κ2) is 15.5. The summed E-state index contributed by atoms with van der Waals surface area (Å²) in [5.41, 5.74) is 7.42. The highest BCUT2D eigenvalue weighted by Crippen LogP contribution is 2.44. The lowest BCUT2D eigenvalue weighted by atomic mass is 9.91. The molecule has 0 saturated carbocycles.